The molecule has 7 nitrogen and oxygen atoms in total. The Hall–Kier alpha value is -2.98. The molecule has 1 atom stereocenters. The van der Waals surface area contributed by atoms with Crippen LogP contribution in [0.2, 0.25) is 0 Å². The molecule has 1 aromatic heterocycles. The van der Waals surface area contributed by atoms with Crippen molar-refractivity contribution in [2.75, 3.05) is 24.7 Å². The predicted molar refractivity (Wildman–Crippen MR) is 118 cm³/mol. The molecule has 1 fully saturated rings. The highest BCUT2D eigenvalue weighted by Gasteiger charge is 2.24. The number of amides is 2. The van der Waals surface area contributed by atoms with Gasteiger partial charge in [-0.2, -0.15) is 0 Å². The number of carbonyl (C=O) groups excluding carboxylic acids is 1. The van der Waals surface area contributed by atoms with Crippen LogP contribution in [0.15, 0.2) is 47.1 Å². The van der Waals surface area contributed by atoms with Crippen LogP contribution >= 0.6 is 0 Å². The number of halogens is 2. The third-order valence-electron chi connectivity index (χ3n) is 5.47. The number of furan rings is 1. The third kappa shape index (κ3) is 4.76. The second-order valence-electron chi connectivity index (χ2n) is 7.86. The van der Waals surface area contributed by atoms with Crippen molar-refractivity contribution in [3.05, 3.63) is 54.3 Å². The van der Waals surface area contributed by atoms with E-state index >= 15 is 0 Å². The van der Waals surface area contributed by atoms with Crippen LogP contribution in [0.5, 0.6) is 0 Å². The number of hydrogen-bond donors (Lipinski definition) is 2. The van der Waals surface area contributed by atoms with E-state index < -0.39 is 27.7 Å². The molecular formula is C22H23F2N3O4S. The number of anilines is 1. The normalized spacial score (nSPS) is 17.3. The zero-order valence-electron chi connectivity index (χ0n) is 17.4. The van der Waals surface area contributed by atoms with E-state index in [1.165, 1.54) is 24.5 Å². The molecule has 2 heterocycles. The first kappa shape index (κ1) is 22.2. The predicted octanol–water partition coefficient (Wildman–Crippen LogP) is 4.31. The monoisotopic (exact) mass is 463 g/mol. The Kier molecular flexibility index (Phi) is 6.16. The Morgan fingerprint density at radius 3 is 2.53 bits per heavy atom. The highest BCUT2D eigenvalue weighted by Crippen LogP contribution is 2.37. The van der Waals surface area contributed by atoms with Crippen LogP contribution in [-0.2, 0) is 10.0 Å². The fourth-order valence-electron chi connectivity index (χ4n) is 4.06. The number of nitrogens with zero attached hydrogens (tertiary/aromatic N) is 1. The largest absolute Gasteiger partial charge is 0.462 e. The molecule has 1 saturated heterocycles. The standard InChI is InChI=1S/C22H23F2N3O4S/c1-32(29,30)26-14-5-4-11-27(12-10-14)22(28)25-18-13-31-19-9-2-6-15(21(18)19)20-16(23)7-3-8-17(20)24/h2-3,6-9,13-14,26H,4-5,10-12H2,1H3,(H,25,28)/t14-/m0/s1. The molecular weight excluding hydrogens is 440 g/mol. The lowest BCUT2D eigenvalue weighted by molar-refractivity contribution is 0.213. The summed E-state index contributed by atoms with van der Waals surface area (Å²) >= 11 is 0. The lowest BCUT2D eigenvalue weighted by atomic mass is 10.00. The molecule has 0 unspecified atom stereocenters. The summed E-state index contributed by atoms with van der Waals surface area (Å²) in [6.45, 7) is 0.821. The minimum absolute atomic E-state index is 0.195. The Labute approximate surface area is 184 Å². The number of urea groups is 1. The minimum Gasteiger partial charge on any atom is -0.462 e. The van der Waals surface area contributed by atoms with Gasteiger partial charge in [0.05, 0.1) is 22.9 Å². The van der Waals surface area contributed by atoms with Crippen molar-refractivity contribution >= 4 is 32.7 Å². The molecule has 0 bridgehead atoms. The van der Waals surface area contributed by atoms with Crippen LogP contribution in [0, 0.1) is 11.6 Å². The van der Waals surface area contributed by atoms with Gasteiger partial charge in [-0.3, -0.25) is 0 Å². The topological polar surface area (TPSA) is 91.7 Å². The highest BCUT2D eigenvalue weighted by molar-refractivity contribution is 7.88. The number of hydrogen-bond acceptors (Lipinski definition) is 4. The smallest absolute Gasteiger partial charge is 0.321 e. The average molecular weight is 464 g/mol. The fourth-order valence-corrected chi connectivity index (χ4v) is 4.90. The van der Waals surface area contributed by atoms with Gasteiger partial charge in [-0.15, -0.1) is 0 Å². The van der Waals surface area contributed by atoms with E-state index in [0.29, 0.717) is 49.0 Å². The molecule has 2 aromatic carbocycles. The van der Waals surface area contributed by atoms with Crippen LogP contribution < -0.4 is 10.0 Å². The van der Waals surface area contributed by atoms with E-state index in [1.54, 1.807) is 23.1 Å². The molecule has 1 aliphatic rings. The molecule has 0 aliphatic carbocycles. The first-order valence-electron chi connectivity index (χ1n) is 10.2. The van der Waals surface area contributed by atoms with Crippen LogP contribution in [0.3, 0.4) is 0 Å². The van der Waals surface area contributed by atoms with Crippen molar-refractivity contribution < 1.29 is 26.4 Å². The van der Waals surface area contributed by atoms with E-state index in [9.17, 15) is 22.0 Å². The lowest BCUT2D eigenvalue weighted by Crippen LogP contribution is -2.37. The molecule has 3 aromatic rings. The number of benzene rings is 2. The minimum atomic E-state index is -3.32. The molecule has 0 radical (unpaired) electrons. The molecule has 4 rings (SSSR count). The maximum Gasteiger partial charge on any atom is 0.321 e. The van der Waals surface area contributed by atoms with Gasteiger partial charge < -0.3 is 14.6 Å². The van der Waals surface area contributed by atoms with E-state index in [4.69, 9.17) is 4.42 Å². The quantitative estimate of drug-likeness (QED) is 0.603. The van der Waals surface area contributed by atoms with E-state index in [2.05, 4.69) is 10.0 Å². The zero-order chi connectivity index (χ0) is 22.9. The lowest BCUT2D eigenvalue weighted by Gasteiger charge is -2.21. The summed E-state index contributed by atoms with van der Waals surface area (Å²) < 4.78 is 60.0. The second-order valence-corrected chi connectivity index (χ2v) is 9.64. The fraction of sp³-hybridized carbons (Fsp3) is 0.318. The van der Waals surface area contributed by atoms with Crippen molar-refractivity contribution in [2.24, 2.45) is 0 Å². The maximum absolute atomic E-state index is 14.4. The maximum atomic E-state index is 14.4. The van der Waals surface area contributed by atoms with Gasteiger partial charge in [0, 0.05) is 24.7 Å². The van der Waals surface area contributed by atoms with Gasteiger partial charge in [0.1, 0.15) is 23.5 Å². The van der Waals surface area contributed by atoms with Crippen LogP contribution in [0.1, 0.15) is 19.3 Å². The summed E-state index contributed by atoms with van der Waals surface area (Å²) in [6.07, 6.45) is 4.21. The van der Waals surface area contributed by atoms with Crippen LogP contribution in [0.25, 0.3) is 22.1 Å². The summed E-state index contributed by atoms with van der Waals surface area (Å²) in [6, 6.07) is 7.87. The Morgan fingerprint density at radius 1 is 1.09 bits per heavy atom. The first-order chi connectivity index (χ1) is 15.2. The Bertz CT molecular complexity index is 1240. The summed E-state index contributed by atoms with van der Waals surface area (Å²) in [5.74, 6) is -1.43. The first-order valence-corrected chi connectivity index (χ1v) is 12.1. The molecule has 32 heavy (non-hydrogen) atoms. The van der Waals surface area contributed by atoms with Gasteiger partial charge in [0.2, 0.25) is 10.0 Å². The highest BCUT2D eigenvalue weighted by atomic mass is 32.2. The summed E-state index contributed by atoms with van der Waals surface area (Å²) in [5.41, 5.74) is 0.766. The summed E-state index contributed by atoms with van der Waals surface area (Å²) in [5, 5.41) is 3.18. The number of carbonyl (C=O) groups is 1. The van der Waals surface area contributed by atoms with Crippen molar-refractivity contribution in [1.82, 2.24) is 9.62 Å². The van der Waals surface area contributed by atoms with Gasteiger partial charge in [0.15, 0.2) is 0 Å². The molecule has 0 saturated carbocycles. The third-order valence-corrected chi connectivity index (χ3v) is 6.23. The molecule has 10 heteroatoms. The van der Waals surface area contributed by atoms with Gasteiger partial charge in [0.25, 0.3) is 0 Å². The summed E-state index contributed by atoms with van der Waals surface area (Å²) in [4.78, 5) is 14.5. The Balaban J connectivity index is 1.58. The van der Waals surface area contributed by atoms with E-state index in [-0.39, 0.29) is 17.2 Å². The number of nitrogens with one attached hydrogen (secondary N) is 2. The van der Waals surface area contributed by atoms with Crippen LogP contribution in [0.4, 0.5) is 19.3 Å². The van der Waals surface area contributed by atoms with Gasteiger partial charge in [-0.05, 0) is 37.5 Å². The Morgan fingerprint density at radius 2 is 1.81 bits per heavy atom. The van der Waals surface area contributed by atoms with Crippen molar-refractivity contribution in [1.29, 1.82) is 0 Å². The van der Waals surface area contributed by atoms with Crippen molar-refractivity contribution in [2.45, 2.75) is 25.3 Å². The van der Waals surface area contributed by atoms with Gasteiger partial charge in [-0.25, -0.2) is 26.7 Å². The van der Waals surface area contributed by atoms with Gasteiger partial charge in [-0.1, -0.05) is 18.2 Å². The zero-order valence-corrected chi connectivity index (χ0v) is 18.2. The number of likely N-dealkylation sites (tertiary alicyclic amines) is 1. The molecule has 170 valence electrons. The molecule has 2 N–H and O–H groups in total. The molecule has 1 aliphatic heterocycles. The van der Waals surface area contributed by atoms with Gasteiger partial charge >= 0.3 is 6.03 Å². The molecule has 0 spiro atoms. The molecule has 2 amide bonds. The van der Waals surface area contributed by atoms with Crippen molar-refractivity contribution in [3.63, 3.8) is 0 Å². The van der Waals surface area contributed by atoms with E-state index in [1.807, 2.05) is 0 Å². The number of fused-ring (bicyclic) bond motifs is 1. The van der Waals surface area contributed by atoms with Crippen LogP contribution in [-0.4, -0.2) is 44.7 Å². The summed E-state index contributed by atoms with van der Waals surface area (Å²) in [7, 11) is -3.32. The van der Waals surface area contributed by atoms with E-state index in [0.717, 1.165) is 6.26 Å². The second kappa shape index (κ2) is 8.87. The number of sulfonamides is 1. The SMILES string of the molecule is CS(=O)(=O)N[C@H]1CCCN(C(=O)Nc2coc3cccc(-c4c(F)cccc4F)c23)CC1. The van der Waals surface area contributed by atoms with Crippen molar-refractivity contribution in [3.8, 4) is 11.1 Å². The number of rotatable bonds is 4. The average Bonchev–Trinajstić information content (AvgIpc) is 2.98.